The second-order valence-corrected chi connectivity index (χ2v) is 5.77. The Balaban J connectivity index is 1.72. The molecule has 4 heteroatoms. The van der Waals surface area contributed by atoms with E-state index in [0.29, 0.717) is 12.2 Å². The highest BCUT2D eigenvalue weighted by Gasteiger charge is 2.06. The molecule has 1 aromatic heterocycles. The lowest BCUT2D eigenvalue weighted by Gasteiger charge is -2.06. The number of aryl methyl sites for hydroxylation is 1. The third-order valence-electron chi connectivity index (χ3n) is 3.17. The van der Waals surface area contributed by atoms with Gasteiger partial charge in [0.1, 0.15) is 10.8 Å². The number of thiazole rings is 1. The van der Waals surface area contributed by atoms with E-state index in [0.717, 1.165) is 21.8 Å². The summed E-state index contributed by atoms with van der Waals surface area (Å²) >= 11 is 1.58. The molecule has 0 aliphatic rings. The zero-order valence-electron chi connectivity index (χ0n) is 11.6. The van der Waals surface area contributed by atoms with Crippen LogP contribution < -0.4 is 5.32 Å². The molecule has 0 unspecified atom stereocenters. The number of halogens is 1. The molecule has 0 spiro atoms. The number of nitrogens with zero attached hydrogens (tertiary/aromatic N) is 1. The van der Waals surface area contributed by atoms with E-state index >= 15 is 0 Å². The van der Waals surface area contributed by atoms with E-state index < -0.39 is 0 Å². The third-order valence-corrected chi connectivity index (χ3v) is 4.02. The first-order valence-corrected chi connectivity index (χ1v) is 7.60. The fourth-order valence-corrected chi connectivity index (χ4v) is 2.82. The predicted molar refractivity (Wildman–Crippen MR) is 86.0 cm³/mol. The van der Waals surface area contributed by atoms with Crippen molar-refractivity contribution in [2.75, 3.05) is 5.32 Å². The first kappa shape index (κ1) is 13.8. The van der Waals surface area contributed by atoms with Crippen LogP contribution in [-0.4, -0.2) is 4.98 Å². The minimum absolute atomic E-state index is 0.236. The number of anilines is 1. The molecule has 2 aromatic carbocycles. The van der Waals surface area contributed by atoms with Gasteiger partial charge in [-0.25, -0.2) is 9.37 Å². The zero-order valence-corrected chi connectivity index (χ0v) is 12.5. The van der Waals surface area contributed by atoms with E-state index in [1.54, 1.807) is 23.5 Å². The lowest BCUT2D eigenvalue weighted by Crippen LogP contribution is -2.01. The molecule has 0 aliphatic heterocycles. The number of hydrogen-bond donors (Lipinski definition) is 1. The molecular formula is C17H15FN2S. The van der Waals surface area contributed by atoms with Gasteiger partial charge in [-0.3, -0.25) is 0 Å². The SMILES string of the molecule is Cc1ccc(F)c(NCc2nc(-c3ccccc3)cs2)c1. The Hall–Kier alpha value is -2.20. The molecule has 2 nitrogen and oxygen atoms in total. The van der Waals surface area contributed by atoms with Crippen LogP contribution in [0.15, 0.2) is 53.9 Å². The van der Waals surface area contributed by atoms with E-state index in [1.165, 1.54) is 6.07 Å². The standard InChI is InChI=1S/C17H15FN2S/c1-12-7-8-14(18)15(9-12)19-10-17-20-16(11-21-17)13-5-3-2-4-6-13/h2-9,11,19H,10H2,1H3. The van der Waals surface area contributed by atoms with Gasteiger partial charge in [0.25, 0.3) is 0 Å². The summed E-state index contributed by atoms with van der Waals surface area (Å²) in [4.78, 5) is 4.58. The largest absolute Gasteiger partial charge is 0.376 e. The van der Waals surface area contributed by atoms with Gasteiger partial charge in [0.2, 0.25) is 0 Å². The maximum Gasteiger partial charge on any atom is 0.146 e. The van der Waals surface area contributed by atoms with Crippen LogP contribution in [-0.2, 0) is 6.54 Å². The fourth-order valence-electron chi connectivity index (χ4n) is 2.08. The van der Waals surface area contributed by atoms with E-state index in [-0.39, 0.29) is 5.82 Å². The molecule has 0 radical (unpaired) electrons. The molecular weight excluding hydrogens is 283 g/mol. The summed E-state index contributed by atoms with van der Waals surface area (Å²) in [5.41, 5.74) is 3.61. The summed E-state index contributed by atoms with van der Waals surface area (Å²) in [6.07, 6.45) is 0. The monoisotopic (exact) mass is 298 g/mol. The molecule has 0 aliphatic carbocycles. The molecule has 21 heavy (non-hydrogen) atoms. The second-order valence-electron chi connectivity index (χ2n) is 4.83. The first-order chi connectivity index (χ1) is 10.2. The van der Waals surface area contributed by atoms with Gasteiger partial charge in [0.15, 0.2) is 0 Å². The van der Waals surface area contributed by atoms with Gasteiger partial charge < -0.3 is 5.32 Å². The van der Waals surface area contributed by atoms with E-state index in [4.69, 9.17) is 0 Å². The van der Waals surface area contributed by atoms with Crippen molar-refractivity contribution in [3.05, 3.63) is 70.3 Å². The molecule has 0 saturated heterocycles. The van der Waals surface area contributed by atoms with Crippen LogP contribution in [0.1, 0.15) is 10.6 Å². The smallest absolute Gasteiger partial charge is 0.146 e. The fraction of sp³-hybridized carbons (Fsp3) is 0.118. The normalized spacial score (nSPS) is 10.6. The topological polar surface area (TPSA) is 24.9 Å². The summed E-state index contributed by atoms with van der Waals surface area (Å²) in [5.74, 6) is -0.236. The minimum Gasteiger partial charge on any atom is -0.376 e. The van der Waals surface area contributed by atoms with Crippen molar-refractivity contribution in [1.29, 1.82) is 0 Å². The van der Waals surface area contributed by atoms with Crippen LogP contribution in [0.5, 0.6) is 0 Å². The summed E-state index contributed by atoms with van der Waals surface area (Å²) in [5, 5.41) is 6.07. The van der Waals surface area contributed by atoms with Gasteiger partial charge in [0, 0.05) is 10.9 Å². The Morgan fingerprint density at radius 3 is 2.76 bits per heavy atom. The Labute approximate surface area is 127 Å². The number of benzene rings is 2. The predicted octanol–water partition coefficient (Wildman–Crippen LogP) is 4.87. The van der Waals surface area contributed by atoms with Gasteiger partial charge in [-0.2, -0.15) is 0 Å². The maximum atomic E-state index is 13.7. The number of rotatable bonds is 4. The van der Waals surface area contributed by atoms with E-state index in [1.807, 2.05) is 42.6 Å². The lowest BCUT2D eigenvalue weighted by atomic mass is 10.2. The first-order valence-electron chi connectivity index (χ1n) is 6.72. The summed E-state index contributed by atoms with van der Waals surface area (Å²) in [7, 11) is 0. The molecule has 0 amide bonds. The highest BCUT2D eigenvalue weighted by molar-refractivity contribution is 7.09. The van der Waals surface area contributed by atoms with Crippen LogP contribution in [0.4, 0.5) is 10.1 Å². The quantitative estimate of drug-likeness (QED) is 0.743. The highest BCUT2D eigenvalue weighted by Crippen LogP contribution is 2.23. The van der Waals surface area contributed by atoms with Gasteiger partial charge in [-0.15, -0.1) is 11.3 Å². The highest BCUT2D eigenvalue weighted by atomic mass is 32.1. The van der Waals surface area contributed by atoms with E-state index in [2.05, 4.69) is 10.3 Å². The van der Waals surface area contributed by atoms with Crippen molar-refractivity contribution in [3.63, 3.8) is 0 Å². The van der Waals surface area contributed by atoms with Crippen molar-refractivity contribution < 1.29 is 4.39 Å². The van der Waals surface area contributed by atoms with Crippen LogP contribution in [0.2, 0.25) is 0 Å². The Morgan fingerprint density at radius 1 is 1.14 bits per heavy atom. The molecule has 3 aromatic rings. The Bertz CT molecular complexity index is 738. The minimum atomic E-state index is -0.236. The van der Waals surface area contributed by atoms with Crippen molar-refractivity contribution in [3.8, 4) is 11.3 Å². The molecule has 0 bridgehead atoms. The van der Waals surface area contributed by atoms with Gasteiger partial charge in [-0.05, 0) is 24.6 Å². The number of nitrogens with one attached hydrogen (secondary N) is 1. The molecule has 0 atom stereocenters. The molecule has 3 rings (SSSR count). The van der Waals surface area contributed by atoms with Crippen LogP contribution in [0.3, 0.4) is 0 Å². The molecule has 1 N–H and O–H groups in total. The van der Waals surface area contributed by atoms with Crippen molar-refractivity contribution >= 4 is 17.0 Å². The van der Waals surface area contributed by atoms with Crippen LogP contribution >= 0.6 is 11.3 Å². The maximum absolute atomic E-state index is 13.7. The van der Waals surface area contributed by atoms with Crippen molar-refractivity contribution in [2.24, 2.45) is 0 Å². The summed E-state index contributed by atoms with van der Waals surface area (Å²) in [6.45, 7) is 2.47. The summed E-state index contributed by atoms with van der Waals surface area (Å²) < 4.78 is 13.7. The van der Waals surface area contributed by atoms with Crippen molar-refractivity contribution in [1.82, 2.24) is 4.98 Å². The average molecular weight is 298 g/mol. The molecule has 1 heterocycles. The second kappa shape index (κ2) is 6.06. The molecule has 0 fully saturated rings. The molecule has 106 valence electrons. The number of hydrogen-bond acceptors (Lipinski definition) is 3. The van der Waals surface area contributed by atoms with E-state index in [9.17, 15) is 4.39 Å². The third kappa shape index (κ3) is 3.28. The van der Waals surface area contributed by atoms with Crippen molar-refractivity contribution in [2.45, 2.75) is 13.5 Å². The number of aromatic nitrogens is 1. The summed E-state index contributed by atoms with van der Waals surface area (Å²) in [6, 6.07) is 15.1. The average Bonchev–Trinajstić information content (AvgIpc) is 2.98. The van der Waals surface area contributed by atoms with Crippen LogP contribution in [0.25, 0.3) is 11.3 Å². The van der Waals surface area contributed by atoms with Gasteiger partial charge >= 0.3 is 0 Å². The van der Waals surface area contributed by atoms with Gasteiger partial charge in [0.05, 0.1) is 17.9 Å². The Morgan fingerprint density at radius 2 is 1.95 bits per heavy atom. The molecule has 0 saturated carbocycles. The zero-order chi connectivity index (χ0) is 14.7. The Kier molecular flexibility index (Phi) is 3.97. The van der Waals surface area contributed by atoms with Crippen LogP contribution in [0, 0.1) is 12.7 Å². The van der Waals surface area contributed by atoms with Gasteiger partial charge in [-0.1, -0.05) is 36.4 Å². The lowest BCUT2D eigenvalue weighted by molar-refractivity contribution is 0.629.